The molecule has 0 heterocycles. The number of hydrogen-bond donors (Lipinski definition) is 1. The molecule has 0 radical (unpaired) electrons. The Morgan fingerprint density at radius 3 is 2.65 bits per heavy atom. The summed E-state index contributed by atoms with van der Waals surface area (Å²) in [5.74, 6) is 0.817. The summed E-state index contributed by atoms with van der Waals surface area (Å²) in [5.41, 5.74) is 2.78. The molecule has 4 heteroatoms. The highest BCUT2D eigenvalue weighted by molar-refractivity contribution is 8.00. The third kappa shape index (κ3) is 5.50. The number of thioether (sulfide) groups is 1. The summed E-state index contributed by atoms with van der Waals surface area (Å²) < 4.78 is 5.00. The van der Waals surface area contributed by atoms with Crippen LogP contribution < -0.4 is 5.32 Å². The molecule has 162 valence electrons. The number of rotatable bonds is 8. The van der Waals surface area contributed by atoms with Gasteiger partial charge in [-0.05, 0) is 73.1 Å². The summed E-state index contributed by atoms with van der Waals surface area (Å²) in [6, 6.07) is 24.8. The van der Waals surface area contributed by atoms with Crippen molar-refractivity contribution in [1.82, 2.24) is 5.32 Å². The zero-order valence-electron chi connectivity index (χ0n) is 18.3. The topological polar surface area (TPSA) is 38.3 Å². The lowest BCUT2D eigenvalue weighted by Crippen LogP contribution is -2.29. The number of fused-ring (bicyclic) bond motifs is 1. The molecule has 0 spiro atoms. The summed E-state index contributed by atoms with van der Waals surface area (Å²) in [6.07, 6.45) is 3.60. The third-order valence-electron chi connectivity index (χ3n) is 6.22. The Bertz CT molecular complexity index is 1010. The quantitative estimate of drug-likeness (QED) is 0.326. The molecule has 3 atom stereocenters. The maximum absolute atomic E-state index is 11.5. The number of carbonyl (C=O) groups excluding carboxylic acids is 1. The first-order chi connectivity index (χ1) is 15.1. The van der Waals surface area contributed by atoms with Crippen LogP contribution in [0.3, 0.4) is 0 Å². The molecule has 1 aliphatic rings. The summed E-state index contributed by atoms with van der Waals surface area (Å²) in [4.78, 5) is 12.7. The van der Waals surface area contributed by atoms with Crippen molar-refractivity contribution in [3.05, 3.63) is 77.9 Å². The van der Waals surface area contributed by atoms with Crippen molar-refractivity contribution in [1.29, 1.82) is 0 Å². The van der Waals surface area contributed by atoms with Crippen molar-refractivity contribution in [2.45, 2.75) is 56.0 Å². The summed E-state index contributed by atoms with van der Waals surface area (Å²) >= 11 is 1.54. The molecule has 1 saturated carbocycles. The average molecular weight is 434 g/mol. The normalized spacial score (nSPS) is 19.4. The minimum absolute atomic E-state index is 0.151. The molecule has 4 rings (SSSR count). The molecule has 0 saturated heterocycles. The fraction of sp³-hybridized carbons (Fsp3) is 0.370. The minimum atomic E-state index is -0.151. The van der Waals surface area contributed by atoms with Crippen LogP contribution in [0, 0.1) is 0 Å². The van der Waals surface area contributed by atoms with Crippen molar-refractivity contribution in [3.8, 4) is 0 Å². The molecule has 1 N–H and O–H groups in total. The second-order valence-electron chi connectivity index (χ2n) is 8.33. The lowest BCUT2D eigenvalue weighted by molar-refractivity contribution is -0.139. The van der Waals surface area contributed by atoms with Crippen LogP contribution in [0.5, 0.6) is 0 Å². The van der Waals surface area contributed by atoms with E-state index in [0.29, 0.717) is 30.4 Å². The van der Waals surface area contributed by atoms with E-state index >= 15 is 0 Å². The van der Waals surface area contributed by atoms with Gasteiger partial charge in [-0.25, -0.2) is 0 Å². The average Bonchev–Trinajstić information content (AvgIpc) is 3.26. The second-order valence-corrected chi connectivity index (χ2v) is 9.38. The van der Waals surface area contributed by atoms with Gasteiger partial charge in [-0.15, -0.1) is 11.8 Å². The van der Waals surface area contributed by atoms with E-state index in [1.807, 2.05) is 6.92 Å². The van der Waals surface area contributed by atoms with Crippen LogP contribution in [-0.4, -0.2) is 24.4 Å². The van der Waals surface area contributed by atoms with E-state index in [2.05, 4.69) is 79.0 Å². The number of esters is 1. The Hall–Kier alpha value is -2.30. The Balaban J connectivity index is 1.33. The van der Waals surface area contributed by atoms with Crippen LogP contribution in [-0.2, 0) is 9.53 Å². The van der Waals surface area contributed by atoms with Gasteiger partial charge in [0.25, 0.3) is 0 Å². The summed E-state index contributed by atoms with van der Waals surface area (Å²) in [6.45, 7) is 4.56. The van der Waals surface area contributed by atoms with Crippen LogP contribution in [0.1, 0.15) is 56.2 Å². The largest absolute Gasteiger partial charge is 0.465 e. The van der Waals surface area contributed by atoms with Crippen LogP contribution in [0.4, 0.5) is 0 Å². The number of carbonyl (C=O) groups is 1. The third-order valence-corrected chi connectivity index (χ3v) is 7.21. The molecule has 1 aliphatic carbocycles. The van der Waals surface area contributed by atoms with Gasteiger partial charge in [0.05, 0.1) is 12.4 Å². The maximum Gasteiger partial charge on any atom is 0.316 e. The van der Waals surface area contributed by atoms with Gasteiger partial charge >= 0.3 is 5.97 Å². The molecule has 0 unspecified atom stereocenters. The van der Waals surface area contributed by atoms with Crippen LogP contribution in [0.2, 0.25) is 0 Å². The van der Waals surface area contributed by atoms with E-state index in [-0.39, 0.29) is 5.97 Å². The Morgan fingerprint density at radius 1 is 1.06 bits per heavy atom. The number of hydrogen-bond acceptors (Lipinski definition) is 4. The molecule has 0 bridgehead atoms. The van der Waals surface area contributed by atoms with Crippen LogP contribution >= 0.6 is 11.8 Å². The first kappa shape index (κ1) is 21.9. The van der Waals surface area contributed by atoms with E-state index in [9.17, 15) is 4.79 Å². The van der Waals surface area contributed by atoms with Gasteiger partial charge in [-0.2, -0.15) is 0 Å². The minimum Gasteiger partial charge on any atom is -0.465 e. The van der Waals surface area contributed by atoms with E-state index < -0.39 is 0 Å². The predicted octanol–water partition coefficient (Wildman–Crippen LogP) is 6.48. The molecule has 1 fully saturated rings. The molecule has 3 nitrogen and oxygen atoms in total. The highest BCUT2D eigenvalue weighted by atomic mass is 32.2. The first-order valence-corrected chi connectivity index (χ1v) is 12.2. The van der Waals surface area contributed by atoms with Crippen molar-refractivity contribution >= 4 is 28.5 Å². The van der Waals surface area contributed by atoms with Gasteiger partial charge in [0.15, 0.2) is 0 Å². The van der Waals surface area contributed by atoms with E-state index in [1.165, 1.54) is 41.2 Å². The first-order valence-electron chi connectivity index (χ1n) is 11.3. The molecule has 3 aromatic rings. The Kier molecular flexibility index (Phi) is 7.31. The monoisotopic (exact) mass is 433 g/mol. The van der Waals surface area contributed by atoms with Gasteiger partial charge in [-0.1, -0.05) is 54.6 Å². The Labute approximate surface area is 189 Å². The van der Waals surface area contributed by atoms with Gasteiger partial charge in [0, 0.05) is 17.0 Å². The van der Waals surface area contributed by atoms with Gasteiger partial charge in [0.2, 0.25) is 0 Å². The molecular weight excluding hydrogens is 402 g/mol. The Morgan fingerprint density at radius 2 is 1.84 bits per heavy atom. The van der Waals surface area contributed by atoms with Crippen molar-refractivity contribution in [2.75, 3.05) is 12.4 Å². The van der Waals surface area contributed by atoms with E-state index in [0.717, 1.165) is 4.90 Å². The van der Waals surface area contributed by atoms with E-state index in [4.69, 9.17) is 4.74 Å². The standard InChI is InChI=1S/C27H31NO2S/c1-3-30-27(29)18-31-24-15-12-20(13-16-24)22-11-14-23(17-22)28-19(2)25-10-6-8-21-7-4-5-9-26(21)25/h4-10,12-13,15-16,19,22-23,28H,3,11,14,17-18H2,1-2H3/t19-,22-,23+/m1/s1. The molecule has 3 aromatic carbocycles. The summed E-state index contributed by atoms with van der Waals surface area (Å²) in [7, 11) is 0. The SMILES string of the molecule is CCOC(=O)CSc1ccc([C@@H]2CC[C@H](N[C@H](C)c3cccc4ccccc34)C2)cc1. The highest BCUT2D eigenvalue weighted by Crippen LogP contribution is 2.36. The molecule has 31 heavy (non-hydrogen) atoms. The molecule has 0 aromatic heterocycles. The lowest BCUT2D eigenvalue weighted by atomic mass is 9.97. The number of ether oxygens (including phenoxy) is 1. The predicted molar refractivity (Wildman–Crippen MR) is 130 cm³/mol. The fourth-order valence-corrected chi connectivity index (χ4v) is 5.38. The fourth-order valence-electron chi connectivity index (χ4n) is 4.69. The number of nitrogens with one attached hydrogen (secondary N) is 1. The maximum atomic E-state index is 11.5. The van der Waals surface area contributed by atoms with Crippen molar-refractivity contribution < 1.29 is 9.53 Å². The van der Waals surface area contributed by atoms with Gasteiger partial charge in [0.1, 0.15) is 0 Å². The van der Waals surface area contributed by atoms with Crippen molar-refractivity contribution in [3.63, 3.8) is 0 Å². The van der Waals surface area contributed by atoms with Gasteiger partial charge in [-0.3, -0.25) is 4.79 Å². The highest BCUT2D eigenvalue weighted by Gasteiger charge is 2.27. The zero-order chi connectivity index (χ0) is 21.6. The molecule has 0 amide bonds. The van der Waals surface area contributed by atoms with Crippen molar-refractivity contribution in [2.24, 2.45) is 0 Å². The smallest absolute Gasteiger partial charge is 0.316 e. The van der Waals surface area contributed by atoms with E-state index in [1.54, 1.807) is 11.8 Å². The molecular formula is C27H31NO2S. The second kappa shape index (κ2) is 10.3. The van der Waals surface area contributed by atoms with Crippen LogP contribution in [0.25, 0.3) is 10.8 Å². The van der Waals surface area contributed by atoms with Gasteiger partial charge < -0.3 is 10.1 Å². The van der Waals surface area contributed by atoms with Crippen LogP contribution in [0.15, 0.2) is 71.6 Å². The molecule has 0 aliphatic heterocycles. The summed E-state index contributed by atoms with van der Waals surface area (Å²) in [5, 5.41) is 6.54. The lowest BCUT2D eigenvalue weighted by Gasteiger charge is -2.21. The number of benzene rings is 3. The zero-order valence-corrected chi connectivity index (χ0v) is 19.2.